The molecule has 3 heterocycles. The van der Waals surface area contributed by atoms with Crippen molar-refractivity contribution in [2.75, 3.05) is 45.5 Å². The van der Waals surface area contributed by atoms with Gasteiger partial charge in [-0.15, -0.1) is 0 Å². The Bertz CT molecular complexity index is 1030. The average Bonchev–Trinajstić information content (AvgIpc) is 3.49. The van der Waals surface area contributed by atoms with Crippen LogP contribution in [0.4, 0.5) is 5.69 Å². The SMILES string of the molecule is CCOC(=O)[C@H]1[C@H](c2ccc(N(C)C)cc2)c2cc3c(cc2O[C@@]1(C)N1CCCC1)OCO3. The Morgan fingerprint density at radius 1 is 1.09 bits per heavy atom. The maximum absolute atomic E-state index is 13.6. The van der Waals surface area contributed by atoms with Gasteiger partial charge in [-0.25, -0.2) is 0 Å². The van der Waals surface area contributed by atoms with E-state index in [0.717, 1.165) is 48.5 Å². The highest BCUT2D eigenvalue weighted by atomic mass is 16.7. The molecule has 0 saturated carbocycles. The van der Waals surface area contributed by atoms with E-state index < -0.39 is 11.6 Å². The molecule has 1 saturated heterocycles. The molecule has 0 N–H and O–H groups in total. The van der Waals surface area contributed by atoms with E-state index in [1.807, 2.05) is 40.1 Å². The van der Waals surface area contributed by atoms with Gasteiger partial charge in [0.05, 0.1) is 6.61 Å². The molecule has 0 radical (unpaired) electrons. The fourth-order valence-corrected chi connectivity index (χ4v) is 5.41. The van der Waals surface area contributed by atoms with Gasteiger partial charge in [-0.05, 0) is 50.5 Å². The van der Waals surface area contributed by atoms with Crippen LogP contribution in [0.25, 0.3) is 0 Å². The highest BCUT2D eigenvalue weighted by Crippen LogP contribution is 2.53. The third-order valence-electron chi connectivity index (χ3n) is 7.11. The first kappa shape index (κ1) is 21.9. The van der Waals surface area contributed by atoms with Crippen LogP contribution in [0.1, 0.15) is 43.7 Å². The number of likely N-dealkylation sites (tertiary alicyclic amines) is 1. The Morgan fingerprint density at radius 3 is 2.39 bits per heavy atom. The van der Waals surface area contributed by atoms with Gasteiger partial charge in [0.1, 0.15) is 11.7 Å². The lowest BCUT2D eigenvalue weighted by Crippen LogP contribution is -2.61. The van der Waals surface area contributed by atoms with Crippen molar-refractivity contribution < 1.29 is 23.7 Å². The van der Waals surface area contributed by atoms with E-state index in [1.54, 1.807) is 0 Å². The fraction of sp³-hybridized carbons (Fsp3) is 0.500. The quantitative estimate of drug-likeness (QED) is 0.636. The monoisotopic (exact) mass is 452 g/mol. The number of rotatable bonds is 5. The van der Waals surface area contributed by atoms with Gasteiger partial charge in [-0.1, -0.05) is 12.1 Å². The molecule has 3 aliphatic heterocycles. The second-order valence-electron chi connectivity index (χ2n) is 9.29. The van der Waals surface area contributed by atoms with Gasteiger partial charge >= 0.3 is 5.97 Å². The maximum atomic E-state index is 13.6. The van der Waals surface area contributed by atoms with Crippen molar-refractivity contribution >= 4 is 11.7 Å². The zero-order valence-corrected chi connectivity index (χ0v) is 19.8. The van der Waals surface area contributed by atoms with Crippen molar-refractivity contribution in [1.29, 1.82) is 0 Å². The van der Waals surface area contributed by atoms with E-state index in [4.69, 9.17) is 18.9 Å². The van der Waals surface area contributed by atoms with Gasteiger partial charge in [0, 0.05) is 50.4 Å². The molecule has 0 unspecified atom stereocenters. The maximum Gasteiger partial charge on any atom is 0.315 e. The summed E-state index contributed by atoms with van der Waals surface area (Å²) in [6.07, 6.45) is 2.18. The van der Waals surface area contributed by atoms with Crippen LogP contribution in [-0.4, -0.2) is 57.2 Å². The third-order valence-corrected chi connectivity index (χ3v) is 7.11. The Labute approximate surface area is 195 Å². The minimum Gasteiger partial charge on any atom is -0.471 e. The highest BCUT2D eigenvalue weighted by Gasteiger charge is 2.56. The van der Waals surface area contributed by atoms with E-state index in [0.29, 0.717) is 18.1 Å². The van der Waals surface area contributed by atoms with Gasteiger partial charge in [0.2, 0.25) is 6.79 Å². The molecule has 5 rings (SSSR count). The van der Waals surface area contributed by atoms with Crippen molar-refractivity contribution in [2.45, 2.75) is 38.3 Å². The molecule has 0 amide bonds. The van der Waals surface area contributed by atoms with E-state index >= 15 is 0 Å². The molecular formula is C26H32N2O5. The summed E-state index contributed by atoms with van der Waals surface area (Å²) < 4.78 is 23.7. The van der Waals surface area contributed by atoms with Crippen LogP contribution >= 0.6 is 0 Å². The van der Waals surface area contributed by atoms with Gasteiger partial charge < -0.3 is 23.8 Å². The number of anilines is 1. The average molecular weight is 453 g/mol. The number of hydrogen-bond donors (Lipinski definition) is 0. The predicted molar refractivity (Wildman–Crippen MR) is 125 cm³/mol. The number of nitrogens with zero attached hydrogens (tertiary/aromatic N) is 2. The summed E-state index contributed by atoms with van der Waals surface area (Å²) >= 11 is 0. The van der Waals surface area contributed by atoms with Crippen molar-refractivity contribution in [2.24, 2.45) is 5.92 Å². The summed E-state index contributed by atoms with van der Waals surface area (Å²) in [6.45, 7) is 6.17. The molecule has 3 atom stereocenters. The normalized spacial score (nSPS) is 25.9. The first-order valence-corrected chi connectivity index (χ1v) is 11.7. The molecule has 2 aromatic rings. The summed E-state index contributed by atoms with van der Waals surface area (Å²) in [6, 6.07) is 12.3. The van der Waals surface area contributed by atoms with Gasteiger partial charge in [-0.2, -0.15) is 0 Å². The number of carbonyl (C=O) groups is 1. The number of fused-ring (bicyclic) bond motifs is 2. The molecular weight excluding hydrogens is 420 g/mol. The molecule has 1 fully saturated rings. The lowest BCUT2D eigenvalue weighted by atomic mass is 9.72. The second kappa shape index (κ2) is 8.45. The molecule has 2 aromatic carbocycles. The summed E-state index contributed by atoms with van der Waals surface area (Å²) in [5.74, 6) is 1.07. The number of hydrogen-bond acceptors (Lipinski definition) is 7. The van der Waals surface area contributed by atoms with Crippen LogP contribution in [0, 0.1) is 5.92 Å². The summed E-state index contributed by atoms with van der Waals surface area (Å²) in [5.41, 5.74) is 2.24. The molecule has 0 aromatic heterocycles. The zero-order valence-electron chi connectivity index (χ0n) is 19.8. The molecule has 3 aliphatic rings. The van der Waals surface area contributed by atoms with E-state index in [-0.39, 0.29) is 18.7 Å². The minimum atomic E-state index is -0.839. The van der Waals surface area contributed by atoms with E-state index in [1.165, 1.54) is 0 Å². The van der Waals surface area contributed by atoms with Crippen molar-refractivity contribution in [3.63, 3.8) is 0 Å². The third kappa shape index (κ3) is 3.68. The van der Waals surface area contributed by atoms with Crippen LogP contribution in [-0.2, 0) is 9.53 Å². The molecule has 0 aliphatic carbocycles. The largest absolute Gasteiger partial charge is 0.471 e. The Hall–Kier alpha value is -2.93. The lowest BCUT2D eigenvalue weighted by Gasteiger charge is -2.49. The van der Waals surface area contributed by atoms with Crippen LogP contribution in [0.2, 0.25) is 0 Å². The molecule has 33 heavy (non-hydrogen) atoms. The van der Waals surface area contributed by atoms with E-state index in [2.05, 4.69) is 34.1 Å². The number of benzene rings is 2. The smallest absolute Gasteiger partial charge is 0.315 e. The van der Waals surface area contributed by atoms with Crippen LogP contribution in [0.5, 0.6) is 17.2 Å². The summed E-state index contributed by atoms with van der Waals surface area (Å²) in [7, 11) is 4.04. The van der Waals surface area contributed by atoms with Crippen LogP contribution < -0.4 is 19.1 Å². The summed E-state index contributed by atoms with van der Waals surface area (Å²) in [4.78, 5) is 17.9. The Kier molecular flexibility index (Phi) is 5.60. The number of carbonyl (C=O) groups excluding carboxylic acids is 1. The van der Waals surface area contributed by atoms with Crippen molar-refractivity contribution in [3.8, 4) is 17.2 Å². The molecule has 0 spiro atoms. The highest BCUT2D eigenvalue weighted by molar-refractivity contribution is 5.78. The zero-order chi connectivity index (χ0) is 23.2. The molecule has 7 heteroatoms. The van der Waals surface area contributed by atoms with Gasteiger partial charge in [0.25, 0.3) is 0 Å². The van der Waals surface area contributed by atoms with Crippen molar-refractivity contribution in [1.82, 2.24) is 4.90 Å². The lowest BCUT2D eigenvalue weighted by molar-refractivity contribution is -0.174. The standard InChI is InChI=1S/C26H32N2O5/c1-5-30-25(29)24-23(17-8-10-18(11-9-17)27(3)4)19-14-21-22(32-16-31-21)15-20(19)33-26(24,2)28-12-6-7-13-28/h8-11,14-15,23-24H,5-7,12-13,16H2,1-4H3/t23-,24-,26-/m1/s1. The molecule has 176 valence electrons. The number of ether oxygens (including phenoxy) is 4. The fourth-order valence-electron chi connectivity index (χ4n) is 5.41. The minimum absolute atomic E-state index is 0.186. The van der Waals surface area contributed by atoms with E-state index in [9.17, 15) is 4.79 Å². The Balaban J connectivity index is 1.69. The predicted octanol–water partition coefficient (Wildman–Crippen LogP) is 4.00. The molecule has 7 nitrogen and oxygen atoms in total. The first-order valence-electron chi connectivity index (χ1n) is 11.7. The number of esters is 1. The van der Waals surface area contributed by atoms with Gasteiger partial charge in [0.15, 0.2) is 17.2 Å². The Morgan fingerprint density at radius 2 is 1.76 bits per heavy atom. The van der Waals surface area contributed by atoms with Crippen LogP contribution in [0.15, 0.2) is 36.4 Å². The van der Waals surface area contributed by atoms with Gasteiger partial charge in [-0.3, -0.25) is 9.69 Å². The molecule has 0 bridgehead atoms. The summed E-state index contributed by atoms with van der Waals surface area (Å²) in [5, 5.41) is 0. The van der Waals surface area contributed by atoms with Crippen molar-refractivity contribution in [3.05, 3.63) is 47.5 Å². The first-order chi connectivity index (χ1) is 15.9. The second-order valence-corrected chi connectivity index (χ2v) is 9.29. The topological polar surface area (TPSA) is 60.5 Å². The van der Waals surface area contributed by atoms with Crippen LogP contribution in [0.3, 0.4) is 0 Å².